The van der Waals surface area contributed by atoms with Crippen LogP contribution in [-0.4, -0.2) is 73.4 Å². The molecule has 45 heavy (non-hydrogen) atoms. The molecular weight excluding hydrogens is 588 g/mol. The van der Waals surface area contributed by atoms with E-state index in [1.54, 1.807) is 13.8 Å². The van der Waals surface area contributed by atoms with Gasteiger partial charge in [0.05, 0.1) is 42.3 Å². The van der Waals surface area contributed by atoms with E-state index in [9.17, 15) is 28.8 Å². The van der Waals surface area contributed by atoms with Gasteiger partial charge in [0.2, 0.25) is 6.10 Å². The zero-order valence-corrected chi connectivity index (χ0v) is 29.0. The van der Waals surface area contributed by atoms with Crippen LogP contribution in [0.15, 0.2) is 0 Å². The average Bonchev–Trinajstić information content (AvgIpc) is 3.70. The molecule has 12 nitrogen and oxygen atoms in total. The molecule has 0 aromatic carbocycles. The second-order valence-corrected chi connectivity index (χ2v) is 14.1. The molecule has 3 fully saturated rings. The summed E-state index contributed by atoms with van der Waals surface area (Å²) >= 11 is 0. The summed E-state index contributed by atoms with van der Waals surface area (Å²) in [5, 5.41) is 0. The second-order valence-electron chi connectivity index (χ2n) is 14.1. The molecule has 12 heteroatoms. The normalized spacial score (nSPS) is 21.7. The summed E-state index contributed by atoms with van der Waals surface area (Å²) in [5.41, 5.74) is -2.15. The number of hydrogen-bond acceptors (Lipinski definition) is 12. The summed E-state index contributed by atoms with van der Waals surface area (Å²) < 4.78 is 30.1. The summed E-state index contributed by atoms with van der Waals surface area (Å²) in [4.78, 5) is 68.0. The molecular formula is C33H54O12. The molecule has 0 radical (unpaired) electrons. The highest BCUT2D eigenvalue weighted by Gasteiger charge is 2.42. The van der Waals surface area contributed by atoms with Gasteiger partial charge < -0.3 is 28.4 Å². The Kier molecular flexibility index (Phi) is 14.5. The van der Waals surface area contributed by atoms with Gasteiger partial charge in [0.15, 0.2) is 0 Å². The molecule has 3 heterocycles. The molecule has 0 spiro atoms. The summed E-state index contributed by atoms with van der Waals surface area (Å²) in [6.45, 7) is 21.3. The first-order valence-electron chi connectivity index (χ1n) is 15.7. The largest absolute Gasteiger partial charge is 0.465 e. The van der Waals surface area contributed by atoms with Crippen LogP contribution in [-0.2, 0) is 57.2 Å². The first-order valence-corrected chi connectivity index (χ1v) is 15.7. The Balaban J connectivity index is 0.000000340. The molecule has 3 unspecified atom stereocenters. The van der Waals surface area contributed by atoms with Gasteiger partial charge in [0.25, 0.3) is 0 Å². The van der Waals surface area contributed by atoms with Crippen LogP contribution < -0.4 is 0 Å². The Labute approximate surface area is 267 Å². The highest BCUT2D eigenvalue weighted by atomic mass is 16.6. The minimum Gasteiger partial charge on any atom is -0.465 e. The van der Waals surface area contributed by atoms with E-state index in [0.717, 1.165) is 6.42 Å². The smallest absolute Gasteiger partial charge is 0.347 e. The number of cyclic esters (lactones) is 3. The van der Waals surface area contributed by atoms with Crippen LogP contribution >= 0.6 is 0 Å². The molecule has 0 N–H and O–H groups in total. The van der Waals surface area contributed by atoms with E-state index in [0.29, 0.717) is 38.9 Å². The van der Waals surface area contributed by atoms with Crippen molar-refractivity contribution in [2.24, 2.45) is 22.2 Å². The maximum Gasteiger partial charge on any atom is 0.347 e. The first-order chi connectivity index (χ1) is 20.6. The number of hydrogen-bond donors (Lipinski definition) is 0. The van der Waals surface area contributed by atoms with Crippen LogP contribution in [0.25, 0.3) is 0 Å². The lowest BCUT2D eigenvalue weighted by Gasteiger charge is -2.33. The second kappa shape index (κ2) is 16.4. The van der Waals surface area contributed by atoms with Crippen molar-refractivity contribution in [2.45, 2.75) is 132 Å². The van der Waals surface area contributed by atoms with E-state index in [1.165, 1.54) is 0 Å². The molecule has 3 saturated heterocycles. The Bertz CT molecular complexity index is 1070. The van der Waals surface area contributed by atoms with Gasteiger partial charge in [-0.05, 0) is 74.7 Å². The Morgan fingerprint density at radius 1 is 0.667 bits per heavy atom. The number of ether oxygens (including phenoxy) is 6. The zero-order valence-electron chi connectivity index (χ0n) is 29.0. The lowest BCUT2D eigenvalue weighted by Crippen LogP contribution is -2.41. The molecule has 0 saturated carbocycles. The minimum absolute atomic E-state index is 0.0494. The van der Waals surface area contributed by atoms with Crippen LogP contribution in [0.2, 0.25) is 0 Å². The van der Waals surface area contributed by atoms with E-state index < -0.39 is 33.9 Å². The summed E-state index contributed by atoms with van der Waals surface area (Å²) in [6.07, 6.45) is 2.04. The van der Waals surface area contributed by atoms with E-state index >= 15 is 0 Å². The van der Waals surface area contributed by atoms with E-state index in [4.69, 9.17) is 28.4 Å². The molecule has 0 bridgehead atoms. The quantitative estimate of drug-likeness (QED) is 0.235. The van der Waals surface area contributed by atoms with Crippen molar-refractivity contribution in [3.63, 3.8) is 0 Å². The Morgan fingerprint density at radius 3 is 1.53 bits per heavy atom. The van der Waals surface area contributed by atoms with Crippen LogP contribution in [0.5, 0.6) is 0 Å². The number of carbonyl (C=O) groups excluding carboxylic acids is 6. The van der Waals surface area contributed by atoms with Crippen molar-refractivity contribution < 1.29 is 57.2 Å². The maximum atomic E-state index is 12.0. The van der Waals surface area contributed by atoms with Gasteiger partial charge in [-0.3, -0.25) is 24.0 Å². The van der Waals surface area contributed by atoms with Gasteiger partial charge in [-0.1, -0.05) is 20.8 Å². The molecule has 0 amide bonds. The van der Waals surface area contributed by atoms with Crippen molar-refractivity contribution in [2.75, 3.05) is 19.8 Å². The summed E-state index contributed by atoms with van der Waals surface area (Å²) in [6, 6.07) is 0. The highest BCUT2D eigenvalue weighted by Crippen LogP contribution is 2.33. The van der Waals surface area contributed by atoms with Crippen LogP contribution in [0.4, 0.5) is 0 Å². The third-order valence-corrected chi connectivity index (χ3v) is 8.74. The van der Waals surface area contributed by atoms with Gasteiger partial charge in [-0.15, -0.1) is 0 Å². The first kappa shape index (κ1) is 39.8. The SMILES string of the molecule is CCC(C)(C)C(=O)OC(C)(C)C1COC(=O)C1.CCC(C)(C)C(=O)OC1CCOC1=O.CCC(C)(C)C(=O)OC1COC(=O)C1. The van der Waals surface area contributed by atoms with Crippen molar-refractivity contribution in [3.8, 4) is 0 Å². The van der Waals surface area contributed by atoms with Crippen LogP contribution in [0, 0.1) is 22.2 Å². The van der Waals surface area contributed by atoms with Gasteiger partial charge in [0, 0.05) is 12.3 Å². The standard InChI is InChI=1S/C13H22O4.2C10H16O4/c1-6-12(2,3)11(15)17-13(4,5)9-7-10(14)16-8-9;1-4-10(2,3)9(12)14-7-5-8(11)13-6-7;1-4-10(2,3)9(12)14-7-5-6-13-8(7)11/h9H,6-8H2,1-5H3;2*7H,4-6H2,1-3H3. The van der Waals surface area contributed by atoms with Crippen molar-refractivity contribution in [3.05, 3.63) is 0 Å². The highest BCUT2D eigenvalue weighted by molar-refractivity contribution is 5.83. The van der Waals surface area contributed by atoms with Crippen LogP contribution in [0.3, 0.4) is 0 Å². The lowest BCUT2D eigenvalue weighted by atomic mass is 9.87. The van der Waals surface area contributed by atoms with Crippen molar-refractivity contribution in [1.29, 1.82) is 0 Å². The molecule has 0 aromatic heterocycles. The predicted octanol–water partition coefficient (Wildman–Crippen LogP) is 4.87. The van der Waals surface area contributed by atoms with Crippen molar-refractivity contribution in [1.82, 2.24) is 0 Å². The van der Waals surface area contributed by atoms with E-state index in [1.807, 2.05) is 62.3 Å². The molecule has 3 aliphatic heterocycles. The lowest BCUT2D eigenvalue weighted by molar-refractivity contribution is -0.172. The van der Waals surface area contributed by atoms with E-state index in [-0.39, 0.29) is 54.9 Å². The molecule has 3 rings (SSSR count). The average molecular weight is 643 g/mol. The third-order valence-electron chi connectivity index (χ3n) is 8.74. The molecule has 258 valence electrons. The van der Waals surface area contributed by atoms with Gasteiger partial charge >= 0.3 is 35.8 Å². The molecule has 3 aliphatic rings. The Hall–Kier alpha value is -3.18. The van der Waals surface area contributed by atoms with Gasteiger partial charge in [-0.2, -0.15) is 0 Å². The number of carbonyl (C=O) groups is 6. The van der Waals surface area contributed by atoms with E-state index in [2.05, 4.69) is 0 Å². The molecule has 0 aliphatic carbocycles. The number of esters is 6. The fraction of sp³-hybridized carbons (Fsp3) is 0.818. The summed E-state index contributed by atoms with van der Waals surface area (Å²) in [5.74, 6) is -1.79. The van der Waals surface area contributed by atoms with Crippen LogP contribution in [0.1, 0.15) is 115 Å². The predicted molar refractivity (Wildman–Crippen MR) is 162 cm³/mol. The Morgan fingerprint density at radius 2 is 1.13 bits per heavy atom. The van der Waals surface area contributed by atoms with Gasteiger partial charge in [-0.25, -0.2) is 4.79 Å². The minimum atomic E-state index is -0.687. The topological polar surface area (TPSA) is 158 Å². The third kappa shape index (κ3) is 12.3. The van der Waals surface area contributed by atoms with Gasteiger partial charge in [0.1, 0.15) is 18.3 Å². The number of rotatable bonds is 10. The maximum absolute atomic E-state index is 12.0. The molecule has 0 aromatic rings. The fourth-order valence-electron chi connectivity index (χ4n) is 3.60. The summed E-state index contributed by atoms with van der Waals surface area (Å²) in [7, 11) is 0. The fourth-order valence-corrected chi connectivity index (χ4v) is 3.60. The van der Waals surface area contributed by atoms with Crippen molar-refractivity contribution >= 4 is 35.8 Å². The monoisotopic (exact) mass is 642 g/mol. The zero-order chi connectivity index (χ0) is 34.8. The molecule has 3 atom stereocenters.